The minimum atomic E-state index is -1.38. The van der Waals surface area contributed by atoms with Crippen LogP contribution in [0.5, 0.6) is 0 Å². The van der Waals surface area contributed by atoms with E-state index in [1.54, 1.807) is 0 Å². The monoisotopic (exact) mass is 421 g/mol. The summed E-state index contributed by atoms with van der Waals surface area (Å²) in [6.45, 7) is 1.98. The van der Waals surface area contributed by atoms with Crippen molar-refractivity contribution in [3.05, 3.63) is 93.7 Å². The van der Waals surface area contributed by atoms with Gasteiger partial charge >= 0.3 is 0 Å². The first-order valence-corrected chi connectivity index (χ1v) is 11.1. The van der Waals surface area contributed by atoms with Crippen LogP contribution in [0.15, 0.2) is 71.4 Å². The molecule has 3 aromatic rings. The number of anilines is 1. The second kappa shape index (κ2) is 7.23. The van der Waals surface area contributed by atoms with E-state index in [0.717, 1.165) is 22.4 Å². The molecule has 5 rings (SSSR count). The number of carbonyl (C=O) groups is 1. The van der Waals surface area contributed by atoms with Gasteiger partial charge in [0, 0.05) is 17.2 Å². The van der Waals surface area contributed by atoms with Crippen molar-refractivity contribution in [1.29, 1.82) is 10.5 Å². The highest BCUT2D eigenvalue weighted by molar-refractivity contribution is 7.08. The summed E-state index contributed by atoms with van der Waals surface area (Å²) in [5, 5.41) is 24.6. The molecule has 2 aromatic carbocycles. The molecule has 31 heavy (non-hydrogen) atoms. The van der Waals surface area contributed by atoms with Gasteiger partial charge in [-0.05, 0) is 40.9 Å². The Balaban J connectivity index is 1.77. The van der Waals surface area contributed by atoms with Crippen LogP contribution >= 0.6 is 11.3 Å². The Morgan fingerprint density at radius 3 is 2.48 bits per heavy atom. The van der Waals surface area contributed by atoms with Gasteiger partial charge in [0.25, 0.3) is 0 Å². The Morgan fingerprint density at radius 1 is 1.06 bits per heavy atom. The third-order valence-electron chi connectivity index (χ3n) is 6.42. The number of fused-ring (bicyclic) bond motifs is 3. The smallest absolute Gasteiger partial charge is 0.185 e. The van der Waals surface area contributed by atoms with Gasteiger partial charge in [-0.2, -0.15) is 21.9 Å². The van der Waals surface area contributed by atoms with E-state index in [4.69, 9.17) is 0 Å². The first kappa shape index (κ1) is 19.3. The summed E-state index contributed by atoms with van der Waals surface area (Å²) in [5.41, 5.74) is 3.01. The molecule has 5 heteroatoms. The van der Waals surface area contributed by atoms with Gasteiger partial charge in [-0.25, -0.2) is 0 Å². The molecule has 3 atom stereocenters. The molecule has 150 valence electrons. The number of hydrogen-bond acceptors (Lipinski definition) is 5. The van der Waals surface area contributed by atoms with Crippen molar-refractivity contribution in [3.8, 4) is 12.1 Å². The first-order chi connectivity index (χ1) is 15.1. The molecule has 0 radical (unpaired) electrons. The Hall–Kier alpha value is -3.67. The number of Topliss-reactive ketones (excluding diaryl/α,β-unsaturated/α-hetero) is 1. The highest BCUT2D eigenvalue weighted by Crippen LogP contribution is 2.55. The maximum atomic E-state index is 14.0. The van der Waals surface area contributed by atoms with Gasteiger partial charge in [-0.15, -0.1) is 0 Å². The van der Waals surface area contributed by atoms with Crippen LogP contribution < -0.4 is 4.90 Å². The first-order valence-electron chi connectivity index (χ1n) is 10.1. The predicted octanol–water partition coefficient (Wildman–Crippen LogP) is 5.34. The molecule has 0 spiro atoms. The van der Waals surface area contributed by atoms with E-state index in [2.05, 4.69) is 12.1 Å². The molecule has 1 fully saturated rings. The number of benzene rings is 2. The zero-order valence-corrected chi connectivity index (χ0v) is 17.7. The highest BCUT2D eigenvalue weighted by atomic mass is 32.1. The number of thiophene rings is 1. The van der Waals surface area contributed by atoms with Crippen LogP contribution in [-0.2, 0) is 0 Å². The topological polar surface area (TPSA) is 67.9 Å². The molecule has 2 aliphatic heterocycles. The Labute approximate surface area is 185 Å². The van der Waals surface area contributed by atoms with Crippen molar-refractivity contribution in [1.82, 2.24) is 0 Å². The predicted molar refractivity (Wildman–Crippen MR) is 122 cm³/mol. The summed E-state index contributed by atoms with van der Waals surface area (Å²) in [7, 11) is 0. The van der Waals surface area contributed by atoms with Crippen LogP contribution in [0.25, 0.3) is 6.08 Å². The summed E-state index contributed by atoms with van der Waals surface area (Å²) < 4.78 is 0. The van der Waals surface area contributed by atoms with Gasteiger partial charge in [0.1, 0.15) is 6.04 Å². The molecule has 3 heterocycles. The zero-order valence-electron chi connectivity index (χ0n) is 16.9. The van der Waals surface area contributed by atoms with Crippen molar-refractivity contribution < 1.29 is 4.79 Å². The molecule has 4 nitrogen and oxygen atoms in total. The number of carbonyl (C=O) groups excluding carboxylic acids is 1. The number of aryl methyl sites for hydroxylation is 1. The average molecular weight is 422 g/mol. The molecule has 0 N–H and O–H groups in total. The standard InChI is InChI=1S/C26H19N3OS/c1-17-6-8-19(9-7-17)25(30)24-23(20-12-13-31-14-20)26(15-27,16-28)22-11-10-18-4-2-3-5-21(18)29(22)24/h2-14,22-24H,1H3/t22-,23+,24+/m1/s1. The Bertz CT molecular complexity index is 1250. The van der Waals surface area contributed by atoms with Crippen molar-refractivity contribution >= 4 is 28.9 Å². The van der Waals surface area contributed by atoms with Crippen LogP contribution in [0.4, 0.5) is 5.69 Å². The fourth-order valence-corrected chi connectivity index (χ4v) is 5.64. The van der Waals surface area contributed by atoms with Crippen LogP contribution in [0, 0.1) is 35.0 Å². The van der Waals surface area contributed by atoms with E-state index in [9.17, 15) is 15.3 Å². The Morgan fingerprint density at radius 2 is 1.81 bits per heavy atom. The lowest BCUT2D eigenvalue weighted by Gasteiger charge is -2.35. The molecular formula is C26H19N3OS. The van der Waals surface area contributed by atoms with Crippen molar-refractivity contribution in [2.24, 2.45) is 5.41 Å². The van der Waals surface area contributed by atoms with Crippen molar-refractivity contribution in [2.45, 2.75) is 24.9 Å². The molecule has 0 aliphatic carbocycles. The van der Waals surface area contributed by atoms with Gasteiger partial charge < -0.3 is 4.90 Å². The van der Waals surface area contributed by atoms with Gasteiger partial charge in [-0.1, -0.05) is 60.2 Å². The maximum absolute atomic E-state index is 14.0. The lowest BCUT2D eigenvalue weighted by Crippen LogP contribution is -2.44. The SMILES string of the molecule is Cc1ccc(C(=O)[C@@H]2[C@H](c3ccsc3)C(C#N)(C#N)[C@H]3C=Cc4ccccc4N23)cc1. The van der Waals surface area contributed by atoms with Gasteiger partial charge in [0.05, 0.1) is 18.2 Å². The summed E-state index contributed by atoms with van der Waals surface area (Å²) in [4.78, 5) is 16.0. The fourth-order valence-electron chi connectivity index (χ4n) is 4.95. The normalized spacial score (nSPS) is 22.8. The summed E-state index contributed by atoms with van der Waals surface area (Å²) in [5.74, 6) is -0.637. The summed E-state index contributed by atoms with van der Waals surface area (Å²) in [6.07, 6.45) is 3.87. The number of hydrogen-bond donors (Lipinski definition) is 0. The van der Waals surface area contributed by atoms with Crippen LogP contribution in [-0.4, -0.2) is 17.9 Å². The molecule has 0 unspecified atom stereocenters. The van der Waals surface area contributed by atoms with E-state index in [1.807, 2.05) is 89.3 Å². The third-order valence-corrected chi connectivity index (χ3v) is 7.12. The van der Waals surface area contributed by atoms with Crippen molar-refractivity contribution in [3.63, 3.8) is 0 Å². The minimum Gasteiger partial charge on any atom is -0.351 e. The molecule has 0 amide bonds. The number of nitrogens with zero attached hydrogens (tertiary/aromatic N) is 3. The number of nitriles is 2. The molecular weight excluding hydrogens is 402 g/mol. The number of rotatable bonds is 3. The highest BCUT2D eigenvalue weighted by Gasteiger charge is 2.63. The van der Waals surface area contributed by atoms with Crippen LogP contribution in [0.3, 0.4) is 0 Å². The number of para-hydroxylation sites is 1. The number of ketones is 1. The molecule has 2 aliphatic rings. The Kier molecular flexibility index (Phi) is 4.50. The van der Waals surface area contributed by atoms with Gasteiger partial charge in [0.2, 0.25) is 0 Å². The lowest BCUT2D eigenvalue weighted by molar-refractivity contribution is 0.0951. The second-order valence-electron chi connectivity index (χ2n) is 8.07. The second-order valence-corrected chi connectivity index (χ2v) is 8.85. The zero-order chi connectivity index (χ0) is 21.6. The van der Waals surface area contributed by atoms with Crippen molar-refractivity contribution in [2.75, 3.05) is 4.90 Å². The van der Waals surface area contributed by atoms with E-state index in [1.165, 1.54) is 11.3 Å². The lowest BCUT2D eigenvalue weighted by atomic mass is 9.69. The molecule has 0 bridgehead atoms. The minimum absolute atomic E-state index is 0.0707. The van der Waals surface area contributed by atoms with Gasteiger partial charge in [0.15, 0.2) is 11.2 Å². The molecule has 0 saturated carbocycles. The van der Waals surface area contributed by atoms with E-state index in [0.29, 0.717) is 5.56 Å². The third kappa shape index (κ3) is 2.75. The van der Waals surface area contributed by atoms with Crippen LogP contribution in [0.2, 0.25) is 0 Å². The average Bonchev–Trinajstić information content (AvgIpc) is 3.43. The maximum Gasteiger partial charge on any atom is 0.185 e. The molecule has 1 saturated heterocycles. The van der Waals surface area contributed by atoms with Crippen LogP contribution in [0.1, 0.15) is 33.0 Å². The van der Waals surface area contributed by atoms with Gasteiger partial charge in [-0.3, -0.25) is 4.79 Å². The summed E-state index contributed by atoms with van der Waals surface area (Å²) >= 11 is 1.51. The van der Waals surface area contributed by atoms with E-state index in [-0.39, 0.29) is 5.78 Å². The largest absolute Gasteiger partial charge is 0.351 e. The quantitative estimate of drug-likeness (QED) is 0.535. The molecule has 1 aromatic heterocycles. The van der Waals surface area contributed by atoms with E-state index >= 15 is 0 Å². The fraction of sp³-hybridized carbons (Fsp3) is 0.192. The van der Waals surface area contributed by atoms with E-state index < -0.39 is 23.4 Å². The summed E-state index contributed by atoms with van der Waals surface area (Å²) in [6, 6.07) is 20.8.